The minimum atomic E-state index is -0.573. The Hall–Kier alpha value is -2.43. The topological polar surface area (TPSA) is 46.3 Å². The minimum Gasteiger partial charge on any atom is -0.399 e. The highest BCUT2D eigenvalue weighted by Crippen LogP contribution is 2.18. The van der Waals surface area contributed by atoms with Crippen molar-refractivity contribution in [2.75, 3.05) is 17.7 Å². The monoisotopic (exact) mass is 262 g/mol. The third-order valence-electron chi connectivity index (χ3n) is 2.69. The molecule has 2 aromatic carbocycles. The fraction of sp³-hybridized carbons (Fsp3) is 0.0714. The number of halogens is 2. The van der Waals surface area contributed by atoms with Crippen molar-refractivity contribution in [1.29, 1.82) is 0 Å². The van der Waals surface area contributed by atoms with E-state index in [2.05, 4.69) is 0 Å². The molecule has 0 radical (unpaired) electrons. The van der Waals surface area contributed by atoms with Crippen LogP contribution in [0.3, 0.4) is 0 Å². The summed E-state index contributed by atoms with van der Waals surface area (Å²) in [4.78, 5) is 13.4. The van der Waals surface area contributed by atoms with E-state index in [1.807, 2.05) is 0 Å². The Morgan fingerprint density at radius 1 is 1.05 bits per heavy atom. The Morgan fingerprint density at radius 2 is 1.68 bits per heavy atom. The van der Waals surface area contributed by atoms with Crippen molar-refractivity contribution in [1.82, 2.24) is 0 Å². The molecule has 0 saturated carbocycles. The van der Waals surface area contributed by atoms with Crippen molar-refractivity contribution < 1.29 is 13.6 Å². The zero-order chi connectivity index (χ0) is 14.0. The second-order valence-electron chi connectivity index (χ2n) is 4.11. The zero-order valence-corrected chi connectivity index (χ0v) is 10.2. The van der Waals surface area contributed by atoms with Crippen LogP contribution in [-0.2, 0) is 0 Å². The van der Waals surface area contributed by atoms with Crippen LogP contribution in [0, 0.1) is 11.6 Å². The van der Waals surface area contributed by atoms with Crippen molar-refractivity contribution in [2.24, 2.45) is 0 Å². The zero-order valence-electron chi connectivity index (χ0n) is 10.2. The lowest BCUT2D eigenvalue weighted by molar-refractivity contribution is 0.0992. The van der Waals surface area contributed by atoms with Crippen LogP contribution in [0.4, 0.5) is 20.2 Å². The highest BCUT2D eigenvalue weighted by molar-refractivity contribution is 6.06. The summed E-state index contributed by atoms with van der Waals surface area (Å²) >= 11 is 0. The molecule has 0 aliphatic carbocycles. The van der Waals surface area contributed by atoms with Gasteiger partial charge in [-0.2, -0.15) is 0 Å². The van der Waals surface area contributed by atoms with Gasteiger partial charge in [0.05, 0.1) is 0 Å². The number of hydrogen-bond acceptors (Lipinski definition) is 2. The van der Waals surface area contributed by atoms with Gasteiger partial charge in [0.1, 0.15) is 11.6 Å². The average Bonchev–Trinajstić information content (AvgIpc) is 2.37. The molecular weight excluding hydrogens is 250 g/mol. The van der Waals surface area contributed by atoms with Crippen molar-refractivity contribution in [3.63, 3.8) is 0 Å². The predicted molar refractivity (Wildman–Crippen MR) is 69.9 cm³/mol. The highest BCUT2D eigenvalue weighted by Gasteiger charge is 2.14. The maximum Gasteiger partial charge on any atom is 0.258 e. The lowest BCUT2D eigenvalue weighted by Gasteiger charge is -2.17. The summed E-state index contributed by atoms with van der Waals surface area (Å²) in [6, 6.07) is 9.07. The Morgan fingerprint density at radius 3 is 2.26 bits per heavy atom. The minimum absolute atomic E-state index is 0.143. The molecule has 2 rings (SSSR count). The number of rotatable bonds is 2. The number of nitrogen functional groups attached to an aromatic ring is 1. The molecule has 98 valence electrons. The molecule has 0 saturated heterocycles. The number of nitrogens with two attached hydrogens (primary N) is 1. The van der Waals surface area contributed by atoms with Gasteiger partial charge in [0, 0.05) is 24.0 Å². The molecule has 0 heterocycles. The van der Waals surface area contributed by atoms with Gasteiger partial charge in [-0.15, -0.1) is 0 Å². The first-order valence-corrected chi connectivity index (χ1v) is 5.57. The predicted octanol–water partition coefficient (Wildman–Crippen LogP) is 2.82. The molecule has 0 spiro atoms. The average molecular weight is 262 g/mol. The lowest BCUT2D eigenvalue weighted by atomic mass is 10.1. The van der Waals surface area contributed by atoms with Crippen molar-refractivity contribution in [2.45, 2.75) is 0 Å². The van der Waals surface area contributed by atoms with Crippen molar-refractivity contribution in [3.05, 3.63) is 59.7 Å². The van der Waals surface area contributed by atoms with Crippen LogP contribution in [0.15, 0.2) is 42.5 Å². The molecule has 5 heteroatoms. The second-order valence-corrected chi connectivity index (χ2v) is 4.11. The van der Waals surface area contributed by atoms with E-state index < -0.39 is 11.7 Å². The van der Waals surface area contributed by atoms with Gasteiger partial charge in [0.15, 0.2) is 0 Å². The van der Waals surface area contributed by atoms with E-state index >= 15 is 0 Å². The van der Waals surface area contributed by atoms with Crippen molar-refractivity contribution >= 4 is 17.3 Å². The lowest BCUT2D eigenvalue weighted by Crippen LogP contribution is -2.26. The number of anilines is 2. The Kier molecular flexibility index (Phi) is 3.46. The summed E-state index contributed by atoms with van der Waals surface area (Å²) in [6.07, 6.45) is 0. The number of nitrogens with zero attached hydrogens (tertiary/aromatic N) is 1. The third-order valence-corrected chi connectivity index (χ3v) is 2.69. The molecule has 0 bridgehead atoms. The number of amides is 1. The standard InChI is InChI=1S/C14H12F2N2O/c1-18(13-4-2-10(15)3-5-13)14(19)9-6-11(16)8-12(17)7-9/h2-8H,17H2,1H3. The van der Waals surface area contributed by atoms with Gasteiger partial charge in [-0.3, -0.25) is 4.79 Å². The molecule has 0 aromatic heterocycles. The van der Waals surface area contributed by atoms with Gasteiger partial charge < -0.3 is 10.6 Å². The van der Waals surface area contributed by atoms with Gasteiger partial charge in [-0.05, 0) is 42.5 Å². The molecule has 2 N–H and O–H groups in total. The van der Waals surface area contributed by atoms with Crippen LogP contribution in [0.25, 0.3) is 0 Å². The molecule has 19 heavy (non-hydrogen) atoms. The number of hydrogen-bond donors (Lipinski definition) is 1. The SMILES string of the molecule is CN(C(=O)c1cc(N)cc(F)c1)c1ccc(F)cc1. The number of carbonyl (C=O) groups is 1. The molecule has 3 nitrogen and oxygen atoms in total. The van der Waals surface area contributed by atoms with Crippen LogP contribution in [0.1, 0.15) is 10.4 Å². The number of carbonyl (C=O) groups excluding carboxylic acids is 1. The fourth-order valence-electron chi connectivity index (χ4n) is 1.71. The van der Waals surface area contributed by atoms with E-state index in [0.717, 1.165) is 12.1 Å². The number of benzene rings is 2. The molecule has 0 aliphatic heterocycles. The maximum atomic E-state index is 13.2. The van der Waals surface area contributed by atoms with Crippen LogP contribution in [-0.4, -0.2) is 13.0 Å². The molecule has 0 unspecified atom stereocenters. The van der Waals surface area contributed by atoms with E-state index in [1.165, 1.54) is 42.3 Å². The van der Waals surface area contributed by atoms with Gasteiger partial charge >= 0.3 is 0 Å². The molecule has 1 amide bonds. The van der Waals surface area contributed by atoms with Crippen LogP contribution < -0.4 is 10.6 Å². The van der Waals surface area contributed by atoms with Crippen molar-refractivity contribution in [3.8, 4) is 0 Å². The first-order chi connectivity index (χ1) is 8.97. The fourth-order valence-corrected chi connectivity index (χ4v) is 1.71. The van der Waals surface area contributed by atoms with Crippen LogP contribution in [0.2, 0.25) is 0 Å². The van der Waals surface area contributed by atoms with Gasteiger partial charge in [-0.1, -0.05) is 0 Å². The smallest absolute Gasteiger partial charge is 0.258 e. The van der Waals surface area contributed by atoms with Gasteiger partial charge in [-0.25, -0.2) is 8.78 Å². The third kappa shape index (κ3) is 2.88. The summed E-state index contributed by atoms with van der Waals surface area (Å²) in [5, 5.41) is 0. The Bertz CT molecular complexity index is 591. The summed E-state index contributed by atoms with van der Waals surface area (Å²) < 4.78 is 26.0. The highest BCUT2D eigenvalue weighted by atomic mass is 19.1. The first kappa shape index (κ1) is 13.0. The Balaban J connectivity index is 2.30. The molecule has 0 fully saturated rings. The second kappa shape index (κ2) is 5.06. The van der Waals surface area contributed by atoms with Crippen LogP contribution >= 0.6 is 0 Å². The summed E-state index contributed by atoms with van der Waals surface area (Å²) in [5.41, 5.74) is 6.32. The maximum absolute atomic E-state index is 13.2. The summed E-state index contributed by atoms with van der Waals surface area (Å²) in [6.45, 7) is 0. The normalized spacial score (nSPS) is 10.3. The van der Waals surface area contributed by atoms with E-state index in [4.69, 9.17) is 5.73 Å². The van der Waals surface area contributed by atoms with Gasteiger partial charge in [0.2, 0.25) is 0 Å². The molecule has 0 aliphatic rings. The first-order valence-electron chi connectivity index (χ1n) is 5.57. The summed E-state index contributed by atoms with van der Waals surface area (Å²) in [5.74, 6) is -1.38. The van der Waals surface area contributed by atoms with Crippen LogP contribution in [0.5, 0.6) is 0 Å². The van der Waals surface area contributed by atoms with E-state index in [9.17, 15) is 13.6 Å². The molecule has 2 aromatic rings. The van der Waals surface area contributed by atoms with Gasteiger partial charge in [0.25, 0.3) is 5.91 Å². The molecular formula is C14H12F2N2O. The van der Waals surface area contributed by atoms with E-state index in [1.54, 1.807) is 0 Å². The Labute approximate surface area is 109 Å². The largest absolute Gasteiger partial charge is 0.399 e. The molecule has 0 atom stereocenters. The summed E-state index contributed by atoms with van der Waals surface area (Å²) in [7, 11) is 1.52. The van der Waals surface area contributed by atoms with E-state index in [-0.39, 0.29) is 17.1 Å². The van der Waals surface area contributed by atoms with E-state index in [0.29, 0.717) is 5.69 Å². The quantitative estimate of drug-likeness (QED) is 0.846.